The lowest BCUT2D eigenvalue weighted by Gasteiger charge is -2.13. The van der Waals surface area contributed by atoms with Crippen LogP contribution in [0.1, 0.15) is 17.2 Å². The third-order valence-corrected chi connectivity index (χ3v) is 4.00. The molecule has 0 radical (unpaired) electrons. The van der Waals surface area contributed by atoms with Crippen molar-refractivity contribution in [3.8, 4) is 0 Å². The standard InChI is InChI=1S/C14H10BrCl2FO/c15-11-3-1-8(6-13(11)18)14(19)7-9-5-10(16)2-4-12(9)17/h1-6,14,19H,7H2. The Labute approximate surface area is 129 Å². The molecule has 0 aliphatic heterocycles. The molecular weight excluding hydrogens is 354 g/mol. The van der Waals surface area contributed by atoms with E-state index in [4.69, 9.17) is 23.2 Å². The van der Waals surface area contributed by atoms with Gasteiger partial charge in [0.2, 0.25) is 0 Å². The van der Waals surface area contributed by atoms with Crippen molar-refractivity contribution in [3.05, 3.63) is 67.9 Å². The summed E-state index contributed by atoms with van der Waals surface area (Å²) in [5.41, 5.74) is 1.22. The fourth-order valence-corrected chi connectivity index (χ4v) is 2.38. The van der Waals surface area contributed by atoms with Gasteiger partial charge >= 0.3 is 0 Å². The molecule has 0 fully saturated rings. The van der Waals surface area contributed by atoms with Crippen LogP contribution in [0.2, 0.25) is 10.0 Å². The summed E-state index contributed by atoms with van der Waals surface area (Å²) < 4.78 is 13.8. The lowest BCUT2D eigenvalue weighted by Crippen LogP contribution is -2.03. The van der Waals surface area contributed by atoms with E-state index in [0.29, 0.717) is 20.1 Å². The van der Waals surface area contributed by atoms with Crippen LogP contribution in [0.15, 0.2) is 40.9 Å². The van der Waals surface area contributed by atoms with Gasteiger partial charge < -0.3 is 5.11 Å². The monoisotopic (exact) mass is 362 g/mol. The molecule has 2 aromatic carbocycles. The van der Waals surface area contributed by atoms with Crippen molar-refractivity contribution < 1.29 is 9.50 Å². The van der Waals surface area contributed by atoms with Crippen LogP contribution in [0, 0.1) is 5.82 Å². The van der Waals surface area contributed by atoms with Gasteiger partial charge in [-0.2, -0.15) is 0 Å². The van der Waals surface area contributed by atoms with E-state index in [0.717, 1.165) is 5.56 Å². The van der Waals surface area contributed by atoms with Gasteiger partial charge in [-0.15, -0.1) is 0 Å². The second-order valence-corrected chi connectivity index (χ2v) is 5.83. The van der Waals surface area contributed by atoms with E-state index < -0.39 is 11.9 Å². The molecule has 1 nitrogen and oxygen atoms in total. The van der Waals surface area contributed by atoms with Gasteiger partial charge in [0, 0.05) is 16.5 Å². The van der Waals surface area contributed by atoms with E-state index in [9.17, 15) is 9.50 Å². The molecule has 0 saturated heterocycles. The Morgan fingerprint density at radius 3 is 2.58 bits per heavy atom. The molecule has 0 heterocycles. The number of halogens is 4. The smallest absolute Gasteiger partial charge is 0.137 e. The Morgan fingerprint density at radius 1 is 1.16 bits per heavy atom. The molecule has 1 atom stereocenters. The summed E-state index contributed by atoms with van der Waals surface area (Å²) in [4.78, 5) is 0. The van der Waals surface area contributed by atoms with Crippen molar-refractivity contribution in [3.63, 3.8) is 0 Å². The molecule has 1 unspecified atom stereocenters. The van der Waals surface area contributed by atoms with Crippen LogP contribution < -0.4 is 0 Å². The Hall–Kier alpha value is -0.610. The van der Waals surface area contributed by atoms with Crippen molar-refractivity contribution in [2.24, 2.45) is 0 Å². The molecule has 0 aliphatic carbocycles. The van der Waals surface area contributed by atoms with Gasteiger partial charge in [-0.25, -0.2) is 4.39 Å². The summed E-state index contributed by atoms with van der Waals surface area (Å²) in [6, 6.07) is 9.58. The summed E-state index contributed by atoms with van der Waals surface area (Å²) in [6.45, 7) is 0. The molecule has 0 amide bonds. The topological polar surface area (TPSA) is 20.2 Å². The number of rotatable bonds is 3. The zero-order chi connectivity index (χ0) is 14.0. The molecule has 2 aromatic rings. The van der Waals surface area contributed by atoms with E-state index in [1.807, 2.05) is 0 Å². The number of hydrogen-bond acceptors (Lipinski definition) is 1. The third-order valence-electron chi connectivity index (χ3n) is 2.75. The van der Waals surface area contributed by atoms with Gasteiger partial charge in [-0.05, 0) is 57.4 Å². The van der Waals surface area contributed by atoms with Crippen LogP contribution in [0.4, 0.5) is 4.39 Å². The first-order valence-corrected chi connectivity index (χ1v) is 7.09. The van der Waals surface area contributed by atoms with Crippen LogP contribution in [-0.2, 0) is 6.42 Å². The molecule has 5 heteroatoms. The number of aliphatic hydroxyl groups excluding tert-OH is 1. The number of benzene rings is 2. The van der Waals surface area contributed by atoms with Crippen molar-refractivity contribution in [2.75, 3.05) is 0 Å². The molecule has 100 valence electrons. The Kier molecular flexibility index (Phi) is 4.85. The fourth-order valence-electron chi connectivity index (χ4n) is 1.75. The van der Waals surface area contributed by atoms with Crippen molar-refractivity contribution in [2.45, 2.75) is 12.5 Å². The van der Waals surface area contributed by atoms with Crippen LogP contribution in [0.25, 0.3) is 0 Å². The molecule has 0 aromatic heterocycles. The highest BCUT2D eigenvalue weighted by atomic mass is 79.9. The van der Waals surface area contributed by atoms with Gasteiger partial charge in [-0.3, -0.25) is 0 Å². The largest absolute Gasteiger partial charge is 0.388 e. The second kappa shape index (κ2) is 6.23. The molecule has 0 bridgehead atoms. The fraction of sp³-hybridized carbons (Fsp3) is 0.143. The first kappa shape index (κ1) is 14.8. The highest BCUT2D eigenvalue weighted by Crippen LogP contribution is 2.27. The summed E-state index contributed by atoms with van der Waals surface area (Å²) in [7, 11) is 0. The molecule has 0 spiro atoms. The summed E-state index contributed by atoms with van der Waals surface area (Å²) >= 11 is 15.0. The van der Waals surface area contributed by atoms with Crippen LogP contribution >= 0.6 is 39.1 Å². The highest BCUT2D eigenvalue weighted by molar-refractivity contribution is 9.10. The van der Waals surface area contributed by atoms with Crippen LogP contribution in [0.5, 0.6) is 0 Å². The zero-order valence-electron chi connectivity index (χ0n) is 9.71. The van der Waals surface area contributed by atoms with Gasteiger partial charge in [0.15, 0.2) is 0 Å². The molecule has 1 N–H and O–H groups in total. The lowest BCUT2D eigenvalue weighted by atomic mass is 10.0. The molecule has 0 aliphatic rings. The predicted molar refractivity (Wildman–Crippen MR) is 79.2 cm³/mol. The lowest BCUT2D eigenvalue weighted by molar-refractivity contribution is 0.178. The summed E-state index contributed by atoms with van der Waals surface area (Å²) in [5, 5.41) is 11.2. The predicted octanol–water partition coefficient (Wildman–Crippen LogP) is 5.17. The summed E-state index contributed by atoms with van der Waals surface area (Å²) in [5.74, 6) is -0.409. The van der Waals surface area contributed by atoms with E-state index in [2.05, 4.69) is 15.9 Å². The Balaban J connectivity index is 2.22. The minimum atomic E-state index is -0.835. The van der Waals surface area contributed by atoms with Crippen molar-refractivity contribution >= 4 is 39.1 Å². The van der Waals surface area contributed by atoms with Gasteiger partial charge in [0.1, 0.15) is 5.82 Å². The van der Waals surface area contributed by atoms with Gasteiger partial charge in [0.25, 0.3) is 0 Å². The van der Waals surface area contributed by atoms with Gasteiger partial charge in [0.05, 0.1) is 10.6 Å². The quantitative estimate of drug-likeness (QED) is 0.797. The zero-order valence-corrected chi connectivity index (χ0v) is 12.8. The second-order valence-electron chi connectivity index (χ2n) is 4.13. The first-order chi connectivity index (χ1) is 8.97. The van der Waals surface area contributed by atoms with E-state index in [1.165, 1.54) is 6.07 Å². The molecule has 2 rings (SSSR count). The maximum absolute atomic E-state index is 13.4. The van der Waals surface area contributed by atoms with E-state index in [-0.39, 0.29) is 6.42 Å². The molecule has 0 saturated carbocycles. The minimum absolute atomic E-state index is 0.278. The SMILES string of the molecule is OC(Cc1cc(Cl)ccc1Cl)c1ccc(Br)c(F)c1. The van der Waals surface area contributed by atoms with E-state index in [1.54, 1.807) is 30.3 Å². The van der Waals surface area contributed by atoms with Gasteiger partial charge in [-0.1, -0.05) is 29.3 Å². The maximum Gasteiger partial charge on any atom is 0.137 e. The number of hydrogen-bond donors (Lipinski definition) is 1. The first-order valence-electron chi connectivity index (χ1n) is 5.54. The van der Waals surface area contributed by atoms with Crippen molar-refractivity contribution in [1.82, 2.24) is 0 Å². The normalized spacial score (nSPS) is 12.5. The summed E-state index contributed by atoms with van der Waals surface area (Å²) in [6.07, 6.45) is -0.556. The van der Waals surface area contributed by atoms with Crippen molar-refractivity contribution in [1.29, 1.82) is 0 Å². The maximum atomic E-state index is 13.4. The molecule has 19 heavy (non-hydrogen) atoms. The van der Waals surface area contributed by atoms with Crippen LogP contribution in [0.3, 0.4) is 0 Å². The minimum Gasteiger partial charge on any atom is -0.388 e. The number of aliphatic hydroxyl groups is 1. The Bertz CT molecular complexity index is 604. The third kappa shape index (κ3) is 3.69. The van der Waals surface area contributed by atoms with Crippen LogP contribution in [-0.4, -0.2) is 5.11 Å². The van der Waals surface area contributed by atoms with E-state index >= 15 is 0 Å². The highest BCUT2D eigenvalue weighted by Gasteiger charge is 2.13. The average molecular weight is 364 g/mol. The average Bonchev–Trinajstić information content (AvgIpc) is 2.37. The Morgan fingerprint density at radius 2 is 1.89 bits per heavy atom. The molecular formula is C14H10BrCl2FO.